The monoisotopic (exact) mass is 1550 g/mol. The molecule has 630 valence electrons. The van der Waals surface area contributed by atoms with E-state index in [-0.39, 0.29) is 25.7 Å². The summed E-state index contributed by atoms with van der Waals surface area (Å²) >= 11 is 0. The molecule has 0 aliphatic rings. The molecule has 0 radical (unpaired) electrons. The number of ether oxygens (including phenoxy) is 4. The van der Waals surface area contributed by atoms with Crippen LogP contribution in [0.1, 0.15) is 459 Å². The summed E-state index contributed by atoms with van der Waals surface area (Å²) in [5.74, 6) is 0.322. The van der Waals surface area contributed by atoms with Gasteiger partial charge in [0.15, 0.2) is 12.2 Å². The Morgan fingerprint density at radius 1 is 0.264 bits per heavy atom. The summed E-state index contributed by atoms with van der Waals surface area (Å²) in [5.41, 5.74) is 0. The number of carbonyl (C=O) groups is 4. The van der Waals surface area contributed by atoms with Gasteiger partial charge < -0.3 is 33.8 Å². The van der Waals surface area contributed by atoms with Gasteiger partial charge in [0, 0.05) is 25.7 Å². The molecule has 5 unspecified atom stereocenters. The number of phosphoric ester groups is 2. The van der Waals surface area contributed by atoms with Crippen molar-refractivity contribution in [2.24, 2.45) is 17.8 Å². The van der Waals surface area contributed by atoms with E-state index >= 15 is 0 Å². The number of aliphatic hydroxyl groups excluding tert-OH is 1. The molecular formula is C87H170O17P2. The number of unbranched alkanes of at least 4 members (excludes halogenated alkanes) is 50. The number of rotatable bonds is 85. The van der Waals surface area contributed by atoms with Crippen molar-refractivity contribution in [3.05, 3.63) is 0 Å². The SMILES string of the molecule is CCCCCCCCCCCCCCCCCCCCCCC(=O)O[C@H](COC(=O)CCCCCCCCCCCCCCCCC(C)CC)COP(=O)(O)OC[C@@H](O)COP(=O)(O)OC[C@@H](COC(=O)CCCCCCCCC(C)CC)OC(=O)CCCCCCCCCCCCCCCCC(C)CC. The molecule has 17 nitrogen and oxygen atoms in total. The molecule has 106 heavy (non-hydrogen) atoms. The molecule has 0 fully saturated rings. The minimum atomic E-state index is -4.97. The average molecular weight is 1550 g/mol. The van der Waals surface area contributed by atoms with E-state index in [4.69, 9.17) is 37.0 Å². The summed E-state index contributed by atoms with van der Waals surface area (Å²) in [5, 5.41) is 10.7. The molecule has 0 heterocycles. The van der Waals surface area contributed by atoms with Crippen molar-refractivity contribution in [1.29, 1.82) is 0 Å². The van der Waals surface area contributed by atoms with Crippen molar-refractivity contribution in [2.45, 2.75) is 478 Å². The average Bonchev–Trinajstić information content (AvgIpc) is 0.901. The number of hydrogen-bond donors (Lipinski definition) is 3. The van der Waals surface area contributed by atoms with E-state index < -0.39 is 97.5 Å². The highest BCUT2D eigenvalue weighted by molar-refractivity contribution is 7.47. The first-order valence-corrected chi connectivity index (χ1v) is 48.0. The van der Waals surface area contributed by atoms with Gasteiger partial charge in [-0.25, -0.2) is 9.13 Å². The first-order valence-electron chi connectivity index (χ1n) is 45.0. The van der Waals surface area contributed by atoms with Crippen LogP contribution in [0.15, 0.2) is 0 Å². The van der Waals surface area contributed by atoms with Crippen molar-refractivity contribution in [3.8, 4) is 0 Å². The van der Waals surface area contributed by atoms with Crippen LogP contribution in [-0.4, -0.2) is 96.7 Å². The number of phosphoric acid groups is 2. The first kappa shape index (κ1) is 104. The molecule has 0 aliphatic carbocycles. The van der Waals surface area contributed by atoms with Crippen molar-refractivity contribution in [2.75, 3.05) is 39.6 Å². The zero-order valence-electron chi connectivity index (χ0n) is 69.9. The molecule has 3 N–H and O–H groups in total. The lowest BCUT2D eigenvalue weighted by Crippen LogP contribution is -2.30. The van der Waals surface area contributed by atoms with E-state index in [0.717, 1.165) is 114 Å². The van der Waals surface area contributed by atoms with E-state index in [1.165, 1.54) is 263 Å². The number of esters is 4. The molecule has 8 atom stereocenters. The van der Waals surface area contributed by atoms with Crippen molar-refractivity contribution >= 4 is 39.5 Å². The molecule has 0 bridgehead atoms. The predicted octanol–water partition coefficient (Wildman–Crippen LogP) is 26.5. The third-order valence-corrected chi connectivity index (χ3v) is 23.4. The molecule has 0 aliphatic heterocycles. The highest BCUT2D eigenvalue weighted by Crippen LogP contribution is 2.45. The van der Waals surface area contributed by atoms with Crippen LogP contribution in [0.5, 0.6) is 0 Å². The fraction of sp³-hybridized carbons (Fsp3) is 0.954. The van der Waals surface area contributed by atoms with Gasteiger partial charge in [-0.15, -0.1) is 0 Å². The highest BCUT2D eigenvalue weighted by atomic mass is 31.2. The Balaban J connectivity index is 5.24. The van der Waals surface area contributed by atoms with Gasteiger partial charge in [-0.05, 0) is 43.4 Å². The van der Waals surface area contributed by atoms with Crippen LogP contribution in [0, 0.1) is 17.8 Å². The van der Waals surface area contributed by atoms with E-state index in [1.54, 1.807) is 0 Å². The largest absolute Gasteiger partial charge is 0.472 e. The highest BCUT2D eigenvalue weighted by Gasteiger charge is 2.31. The van der Waals surface area contributed by atoms with Crippen molar-refractivity contribution < 1.29 is 80.2 Å². The Morgan fingerprint density at radius 2 is 0.453 bits per heavy atom. The van der Waals surface area contributed by atoms with Gasteiger partial charge >= 0.3 is 39.5 Å². The summed E-state index contributed by atoms with van der Waals surface area (Å²) in [6.07, 6.45) is 68.0. The number of carbonyl (C=O) groups excluding carboxylic acids is 4. The molecule has 0 saturated carbocycles. The maximum absolute atomic E-state index is 13.2. The van der Waals surface area contributed by atoms with E-state index in [1.807, 2.05) is 0 Å². The van der Waals surface area contributed by atoms with Gasteiger partial charge in [-0.1, -0.05) is 408 Å². The predicted molar refractivity (Wildman–Crippen MR) is 437 cm³/mol. The standard InChI is InChI=1S/C87H170O17P2/c1-8-12-13-14-15-16-17-18-19-20-21-22-23-24-32-37-42-47-56-63-70-86(91)103-82(74-97-84(89)68-61-54-46-41-36-31-27-25-29-34-39-44-51-58-65-78(5)9-2)76-101-105(93,94)99-72-81(88)73-100-106(95,96)102-77-83(75-98-85(90)69-62-55-50-49-53-60-67-80(7)11-4)104-87(92)71-64-57-48-43-38-33-28-26-30-35-40-45-52-59-66-79(6)10-3/h78-83,88H,8-77H2,1-7H3,(H,93,94)(H,95,96)/t78?,79?,80?,81-,82-,83-/m1/s1. The molecule has 0 aromatic heterocycles. The first-order chi connectivity index (χ1) is 51.3. The van der Waals surface area contributed by atoms with Crippen LogP contribution >= 0.6 is 15.6 Å². The molecule has 0 amide bonds. The Morgan fingerprint density at radius 3 is 0.670 bits per heavy atom. The van der Waals surface area contributed by atoms with Crippen LogP contribution in [0.4, 0.5) is 0 Å². The normalized spacial score (nSPS) is 14.6. The second kappa shape index (κ2) is 77.0. The van der Waals surface area contributed by atoms with E-state index in [0.29, 0.717) is 25.7 Å². The second-order valence-electron chi connectivity index (χ2n) is 32.0. The minimum Gasteiger partial charge on any atom is -0.462 e. The second-order valence-corrected chi connectivity index (χ2v) is 34.9. The Labute approximate surface area is 651 Å². The maximum Gasteiger partial charge on any atom is 0.472 e. The number of hydrogen-bond acceptors (Lipinski definition) is 15. The topological polar surface area (TPSA) is 237 Å². The number of aliphatic hydroxyl groups is 1. The lowest BCUT2D eigenvalue weighted by Gasteiger charge is -2.21. The maximum atomic E-state index is 13.2. The molecule has 0 aromatic carbocycles. The van der Waals surface area contributed by atoms with Crippen LogP contribution in [0.2, 0.25) is 0 Å². The van der Waals surface area contributed by atoms with Gasteiger partial charge in [0.1, 0.15) is 19.3 Å². The van der Waals surface area contributed by atoms with Gasteiger partial charge in [-0.2, -0.15) is 0 Å². The fourth-order valence-electron chi connectivity index (χ4n) is 13.4. The molecule has 0 spiro atoms. The third kappa shape index (κ3) is 76.1. The quantitative estimate of drug-likeness (QED) is 0.0222. The van der Waals surface area contributed by atoms with Gasteiger partial charge in [0.25, 0.3) is 0 Å². The fourth-order valence-corrected chi connectivity index (χ4v) is 15.0. The zero-order chi connectivity index (χ0) is 77.9. The van der Waals surface area contributed by atoms with Crippen LogP contribution in [0.3, 0.4) is 0 Å². The molecule has 19 heteroatoms. The minimum absolute atomic E-state index is 0.107. The smallest absolute Gasteiger partial charge is 0.462 e. The van der Waals surface area contributed by atoms with Gasteiger partial charge in [0.2, 0.25) is 0 Å². The molecular weight excluding hydrogens is 1380 g/mol. The Kier molecular flexibility index (Phi) is 75.6. The molecule has 0 aromatic rings. The Bertz CT molecular complexity index is 2050. The summed E-state index contributed by atoms with van der Waals surface area (Å²) in [6.45, 7) is 12.1. The Hall–Kier alpha value is -1.94. The van der Waals surface area contributed by atoms with E-state index in [9.17, 15) is 43.2 Å². The summed E-state index contributed by atoms with van der Waals surface area (Å²) in [4.78, 5) is 73.3. The summed E-state index contributed by atoms with van der Waals surface area (Å²) in [7, 11) is -9.93. The van der Waals surface area contributed by atoms with Crippen LogP contribution in [-0.2, 0) is 65.4 Å². The van der Waals surface area contributed by atoms with Gasteiger partial charge in [0.05, 0.1) is 26.4 Å². The third-order valence-electron chi connectivity index (χ3n) is 21.5. The molecule has 0 rings (SSSR count). The summed E-state index contributed by atoms with van der Waals surface area (Å²) < 4.78 is 68.9. The zero-order valence-corrected chi connectivity index (χ0v) is 71.7. The van der Waals surface area contributed by atoms with Crippen molar-refractivity contribution in [1.82, 2.24) is 0 Å². The van der Waals surface area contributed by atoms with E-state index in [2.05, 4.69) is 48.5 Å². The van der Waals surface area contributed by atoms with Crippen LogP contribution < -0.4 is 0 Å². The lowest BCUT2D eigenvalue weighted by atomic mass is 9.99. The van der Waals surface area contributed by atoms with Crippen LogP contribution in [0.25, 0.3) is 0 Å². The molecule has 0 saturated heterocycles. The van der Waals surface area contributed by atoms with Crippen molar-refractivity contribution in [3.63, 3.8) is 0 Å². The summed E-state index contributed by atoms with van der Waals surface area (Å²) in [6, 6.07) is 0. The lowest BCUT2D eigenvalue weighted by molar-refractivity contribution is -0.161. The van der Waals surface area contributed by atoms with Gasteiger partial charge in [-0.3, -0.25) is 37.3 Å².